The molecule has 0 radical (unpaired) electrons. The largest absolute Gasteiger partial charge is 0.314 e. The molecule has 1 aliphatic heterocycles. The van der Waals surface area contributed by atoms with Crippen molar-refractivity contribution in [2.75, 3.05) is 6.54 Å². The first-order valence-electron chi connectivity index (χ1n) is 8.45. The SMILES string of the molecule is CC1(C)CCCC(c2ccc(CC3CCCN3)cc2)C1. The van der Waals surface area contributed by atoms with Gasteiger partial charge in [-0.1, -0.05) is 44.5 Å². The lowest BCUT2D eigenvalue weighted by Crippen LogP contribution is -2.23. The summed E-state index contributed by atoms with van der Waals surface area (Å²) < 4.78 is 0. The van der Waals surface area contributed by atoms with E-state index in [2.05, 4.69) is 43.4 Å². The fourth-order valence-electron chi connectivity index (χ4n) is 4.12. The van der Waals surface area contributed by atoms with E-state index in [9.17, 15) is 0 Å². The zero-order valence-corrected chi connectivity index (χ0v) is 13.1. The molecule has 2 aliphatic rings. The Morgan fingerprint density at radius 2 is 1.90 bits per heavy atom. The molecular formula is C19H29N. The Balaban J connectivity index is 1.63. The molecule has 110 valence electrons. The van der Waals surface area contributed by atoms with Crippen molar-refractivity contribution in [2.45, 2.75) is 70.8 Å². The number of hydrogen-bond acceptors (Lipinski definition) is 1. The summed E-state index contributed by atoms with van der Waals surface area (Å²) in [5.41, 5.74) is 3.61. The van der Waals surface area contributed by atoms with Gasteiger partial charge in [-0.15, -0.1) is 0 Å². The van der Waals surface area contributed by atoms with Gasteiger partial charge in [0.2, 0.25) is 0 Å². The third kappa shape index (κ3) is 3.44. The first kappa shape index (κ1) is 14.1. The molecule has 1 saturated carbocycles. The Morgan fingerprint density at radius 3 is 2.55 bits per heavy atom. The van der Waals surface area contributed by atoms with Crippen molar-refractivity contribution >= 4 is 0 Å². The Morgan fingerprint density at radius 1 is 1.10 bits per heavy atom. The van der Waals surface area contributed by atoms with Crippen LogP contribution in [0.2, 0.25) is 0 Å². The van der Waals surface area contributed by atoms with E-state index in [-0.39, 0.29) is 0 Å². The van der Waals surface area contributed by atoms with Gasteiger partial charge >= 0.3 is 0 Å². The van der Waals surface area contributed by atoms with Crippen molar-refractivity contribution in [1.82, 2.24) is 5.32 Å². The first-order valence-corrected chi connectivity index (χ1v) is 8.45. The van der Waals surface area contributed by atoms with Gasteiger partial charge in [0, 0.05) is 6.04 Å². The minimum absolute atomic E-state index is 0.537. The van der Waals surface area contributed by atoms with Crippen molar-refractivity contribution in [3.63, 3.8) is 0 Å². The van der Waals surface area contributed by atoms with Crippen LogP contribution in [0.1, 0.15) is 69.4 Å². The Kier molecular flexibility index (Phi) is 4.16. The monoisotopic (exact) mass is 271 g/mol. The predicted octanol–water partition coefficient (Wildman–Crippen LogP) is 4.66. The molecule has 0 aromatic heterocycles. The highest BCUT2D eigenvalue weighted by Crippen LogP contribution is 2.43. The number of hydrogen-bond donors (Lipinski definition) is 1. The predicted molar refractivity (Wildman–Crippen MR) is 86.2 cm³/mol. The summed E-state index contributed by atoms with van der Waals surface area (Å²) in [5.74, 6) is 0.789. The van der Waals surface area contributed by atoms with Crippen LogP contribution >= 0.6 is 0 Å². The van der Waals surface area contributed by atoms with E-state index < -0.39 is 0 Å². The summed E-state index contributed by atoms with van der Waals surface area (Å²) in [4.78, 5) is 0. The molecular weight excluding hydrogens is 242 g/mol. The summed E-state index contributed by atoms with van der Waals surface area (Å²) in [7, 11) is 0. The van der Waals surface area contributed by atoms with Gasteiger partial charge in [-0.25, -0.2) is 0 Å². The van der Waals surface area contributed by atoms with Gasteiger partial charge in [0.15, 0.2) is 0 Å². The molecule has 1 heteroatoms. The van der Waals surface area contributed by atoms with Gasteiger partial charge in [-0.3, -0.25) is 0 Å². The van der Waals surface area contributed by atoms with E-state index in [4.69, 9.17) is 0 Å². The van der Waals surface area contributed by atoms with Crippen molar-refractivity contribution in [3.05, 3.63) is 35.4 Å². The van der Waals surface area contributed by atoms with Crippen LogP contribution < -0.4 is 5.32 Å². The molecule has 2 atom stereocenters. The zero-order chi connectivity index (χ0) is 14.0. The Hall–Kier alpha value is -0.820. The molecule has 1 N–H and O–H groups in total. The molecule has 0 bridgehead atoms. The van der Waals surface area contributed by atoms with Crippen LogP contribution in [-0.2, 0) is 6.42 Å². The van der Waals surface area contributed by atoms with Crippen molar-refractivity contribution in [1.29, 1.82) is 0 Å². The third-order valence-electron chi connectivity index (χ3n) is 5.30. The van der Waals surface area contributed by atoms with Crippen LogP contribution in [0.3, 0.4) is 0 Å². The highest BCUT2D eigenvalue weighted by molar-refractivity contribution is 5.26. The summed E-state index contributed by atoms with van der Waals surface area (Å²) in [6.07, 6.45) is 9.43. The molecule has 1 aliphatic carbocycles. The van der Waals surface area contributed by atoms with E-state index in [0.717, 1.165) is 12.0 Å². The maximum atomic E-state index is 3.59. The summed E-state index contributed by atoms with van der Waals surface area (Å²) in [5, 5.41) is 3.59. The normalized spacial score (nSPS) is 29.5. The van der Waals surface area contributed by atoms with Gasteiger partial charge in [0.05, 0.1) is 0 Å². The zero-order valence-electron chi connectivity index (χ0n) is 13.1. The molecule has 0 amide bonds. The molecule has 1 saturated heterocycles. The Labute approximate surface area is 124 Å². The average Bonchev–Trinajstić information content (AvgIpc) is 2.91. The quantitative estimate of drug-likeness (QED) is 0.842. The minimum atomic E-state index is 0.537. The lowest BCUT2D eigenvalue weighted by atomic mass is 9.70. The van der Waals surface area contributed by atoms with Crippen molar-refractivity contribution < 1.29 is 0 Å². The van der Waals surface area contributed by atoms with Crippen LogP contribution in [0.4, 0.5) is 0 Å². The lowest BCUT2D eigenvalue weighted by molar-refractivity contribution is 0.219. The standard InChI is InChI=1S/C19H29N/c1-19(2)11-3-5-17(14-19)16-9-7-15(8-10-16)13-18-6-4-12-20-18/h7-10,17-18,20H,3-6,11-14H2,1-2H3. The average molecular weight is 271 g/mol. The highest BCUT2D eigenvalue weighted by atomic mass is 14.9. The molecule has 2 fully saturated rings. The molecule has 1 aromatic rings. The molecule has 20 heavy (non-hydrogen) atoms. The fourth-order valence-corrected chi connectivity index (χ4v) is 4.12. The van der Waals surface area contributed by atoms with Crippen LogP contribution in [0.15, 0.2) is 24.3 Å². The molecule has 1 nitrogen and oxygen atoms in total. The molecule has 2 unspecified atom stereocenters. The molecule has 3 rings (SSSR count). The Bertz CT molecular complexity index is 426. The third-order valence-corrected chi connectivity index (χ3v) is 5.30. The van der Waals surface area contributed by atoms with Gasteiger partial charge < -0.3 is 5.32 Å². The number of benzene rings is 1. The smallest absolute Gasteiger partial charge is 0.0108 e. The second kappa shape index (κ2) is 5.89. The highest BCUT2D eigenvalue weighted by Gasteiger charge is 2.28. The van der Waals surface area contributed by atoms with E-state index >= 15 is 0 Å². The van der Waals surface area contributed by atoms with E-state index in [1.54, 1.807) is 5.56 Å². The number of rotatable bonds is 3. The van der Waals surface area contributed by atoms with Crippen molar-refractivity contribution in [2.24, 2.45) is 5.41 Å². The maximum Gasteiger partial charge on any atom is 0.0108 e. The van der Waals surface area contributed by atoms with Crippen LogP contribution in [0.5, 0.6) is 0 Å². The van der Waals surface area contributed by atoms with E-state index in [1.807, 2.05) is 0 Å². The van der Waals surface area contributed by atoms with Crippen LogP contribution in [-0.4, -0.2) is 12.6 Å². The number of nitrogens with one attached hydrogen (secondary N) is 1. The topological polar surface area (TPSA) is 12.0 Å². The van der Waals surface area contributed by atoms with E-state index in [1.165, 1.54) is 57.1 Å². The first-order chi connectivity index (χ1) is 9.62. The lowest BCUT2D eigenvalue weighted by Gasteiger charge is -2.35. The van der Waals surface area contributed by atoms with Crippen molar-refractivity contribution in [3.8, 4) is 0 Å². The maximum absolute atomic E-state index is 3.59. The van der Waals surface area contributed by atoms with Gasteiger partial charge in [-0.05, 0) is 67.5 Å². The van der Waals surface area contributed by atoms with E-state index in [0.29, 0.717) is 5.41 Å². The van der Waals surface area contributed by atoms with Gasteiger partial charge in [0.25, 0.3) is 0 Å². The fraction of sp³-hybridized carbons (Fsp3) is 0.684. The second-order valence-corrected chi connectivity index (χ2v) is 7.70. The van der Waals surface area contributed by atoms with Crippen LogP contribution in [0, 0.1) is 5.41 Å². The molecule has 0 spiro atoms. The minimum Gasteiger partial charge on any atom is -0.314 e. The summed E-state index contributed by atoms with van der Waals surface area (Å²) in [6.45, 7) is 6.07. The second-order valence-electron chi connectivity index (χ2n) is 7.70. The molecule has 1 heterocycles. The van der Waals surface area contributed by atoms with Gasteiger partial charge in [-0.2, -0.15) is 0 Å². The van der Waals surface area contributed by atoms with Gasteiger partial charge in [0.1, 0.15) is 0 Å². The summed E-state index contributed by atoms with van der Waals surface area (Å²) in [6, 6.07) is 10.3. The van der Waals surface area contributed by atoms with Crippen LogP contribution in [0.25, 0.3) is 0 Å². The molecule has 1 aromatic carbocycles. The summed E-state index contributed by atoms with van der Waals surface area (Å²) >= 11 is 0.